The summed E-state index contributed by atoms with van der Waals surface area (Å²) in [5.74, 6) is 0.0479. The molecular weight excluding hydrogens is 270 g/mol. The number of morpholine rings is 1. The van der Waals surface area contributed by atoms with Crippen LogP contribution in [-0.4, -0.2) is 63.5 Å². The van der Waals surface area contributed by atoms with Crippen molar-refractivity contribution in [2.24, 2.45) is 0 Å². The lowest BCUT2D eigenvalue weighted by Gasteiger charge is -2.39. The summed E-state index contributed by atoms with van der Waals surface area (Å²) in [7, 11) is 0. The molecule has 0 unspecified atom stereocenters. The Morgan fingerprint density at radius 3 is 2.76 bits per heavy atom. The molecule has 3 atom stereocenters. The molecule has 2 heterocycles. The molecule has 118 valence electrons. The number of hydrogen-bond acceptors (Lipinski definition) is 5. The van der Waals surface area contributed by atoms with Crippen LogP contribution in [0.3, 0.4) is 0 Å². The fourth-order valence-electron chi connectivity index (χ4n) is 2.62. The Hall–Kier alpha value is -1.47. The highest BCUT2D eigenvalue weighted by Gasteiger charge is 2.25. The lowest BCUT2D eigenvalue weighted by atomic mass is 10.1. The van der Waals surface area contributed by atoms with E-state index in [9.17, 15) is 4.79 Å². The number of carbonyl (C=O) groups is 1. The molecule has 2 rings (SSSR count). The Balaban J connectivity index is 1.68. The van der Waals surface area contributed by atoms with Gasteiger partial charge in [-0.15, -0.1) is 0 Å². The van der Waals surface area contributed by atoms with Gasteiger partial charge in [0.25, 0.3) is 0 Å². The van der Waals surface area contributed by atoms with E-state index in [-0.39, 0.29) is 18.1 Å². The van der Waals surface area contributed by atoms with Gasteiger partial charge in [-0.25, -0.2) is 4.98 Å². The zero-order valence-corrected chi connectivity index (χ0v) is 13.0. The minimum absolute atomic E-state index is 0.0479. The third-order valence-corrected chi connectivity index (χ3v) is 3.70. The second-order valence-corrected chi connectivity index (χ2v) is 5.77. The average Bonchev–Trinajstić information content (AvgIpc) is 2.94. The summed E-state index contributed by atoms with van der Waals surface area (Å²) in [6, 6.07) is 0.314. The highest BCUT2D eigenvalue weighted by molar-refractivity contribution is 5.75. The molecule has 0 saturated carbocycles. The number of nitrogens with zero attached hydrogens (tertiary/aromatic N) is 4. The van der Waals surface area contributed by atoms with Gasteiger partial charge in [-0.1, -0.05) is 0 Å². The number of aryl methyl sites for hydroxylation is 1. The molecule has 7 heteroatoms. The molecule has 0 aliphatic carbocycles. The van der Waals surface area contributed by atoms with Crippen LogP contribution in [0.4, 0.5) is 0 Å². The van der Waals surface area contributed by atoms with Crippen molar-refractivity contribution in [3.63, 3.8) is 0 Å². The Morgan fingerprint density at radius 2 is 2.14 bits per heavy atom. The summed E-state index contributed by atoms with van der Waals surface area (Å²) < 4.78 is 7.39. The van der Waals surface area contributed by atoms with Crippen molar-refractivity contribution in [1.29, 1.82) is 0 Å². The quantitative estimate of drug-likeness (QED) is 0.816. The molecule has 1 aliphatic heterocycles. The second-order valence-electron chi connectivity index (χ2n) is 5.77. The van der Waals surface area contributed by atoms with Gasteiger partial charge in [0.1, 0.15) is 12.7 Å². The Labute approximate surface area is 125 Å². The van der Waals surface area contributed by atoms with Crippen molar-refractivity contribution in [2.75, 3.05) is 19.6 Å². The predicted octanol–water partition coefficient (Wildman–Crippen LogP) is 0.282. The topological polar surface area (TPSA) is 72.3 Å². The van der Waals surface area contributed by atoms with Gasteiger partial charge in [0.05, 0.1) is 18.8 Å². The molecule has 21 heavy (non-hydrogen) atoms. The van der Waals surface area contributed by atoms with Crippen LogP contribution in [0.15, 0.2) is 12.7 Å². The predicted molar refractivity (Wildman–Crippen MR) is 78.7 cm³/mol. The number of rotatable bonds is 6. The number of carbonyl (C=O) groups excluding carboxylic acids is 1. The highest BCUT2D eigenvalue weighted by Crippen LogP contribution is 2.13. The molecule has 1 fully saturated rings. The fraction of sp³-hybridized carbons (Fsp3) is 0.786. The van der Waals surface area contributed by atoms with E-state index < -0.39 is 0 Å². The van der Waals surface area contributed by atoms with E-state index in [2.05, 4.69) is 41.1 Å². The largest absolute Gasteiger partial charge is 0.373 e. The van der Waals surface area contributed by atoms with E-state index in [0.717, 1.165) is 13.1 Å². The Bertz CT molecular complexity index is 427. The second kappa shape index (κ2) is 7.51. The first kappa shape index (κ1) is 15.9. The molecule has 0 aromatic carbocycles. The molecule has 0 bridgehead atoms. The standard InChI is InChI=1S/C14H25N5O2/c1-11(18-7-12(2)21-13(3)8-18)6-16-14(20)4-5-19-10-15-9-17-19/h9-13H,4-8H2,1-3H3,(H,16,20)/t11-,12-,13-/m1/s1. The number of amides is 1. The summed E-state index contributed by atoms with van der Waals surface area (Å²) in [4.78, 5) is 18.1. The molecule has 0 radical (unpaired) electrons. The third-order valence-electron chi connectivity index (χ3n) is 3.70. The van der Waals surface area contributed by atoms with Crippen LogP contribution in [-0.2, 0) is 16.1 Å². The van der Waals surface area contributed by atoms with Crippen molar-refractivity contribution < 1.29 is 9.53 Å². The van der Waals surface area contributed by atoms with Crippen LogP contribution >= 0.6 is 0 Å². The van der Waals surface area contributed by atoms with Gasteiger partial charge in [0.2, 0.25) is 5.91 Å². The average molecular weight is 295 g/mol. The molecule has 0 spiro atoms. The van der Waals surface area contributed by atoms with Gasteiger partial charge in [-0.3, -0.25) is 14.4 Å². The van der Waals surface area contributed by atoms with E-state index >= 15 is 0 Å². The van der Waals surface area contributed by atoms with Gasteiger partial charge in [0.15, 0.2) is 0 Å². The first-order chi connectivity index (χ1) is 10.0. The lowest BCUT2D eigenvalue weighted by molar-refractivity contribution is -0.122. The number of aromatic nitrogens is 3. The van der Waals surface area contributed by atoms with E-state index in [1.54, 1.807) is 11.0 Å². The van der Waals surface area contributed by atoms with Crippen molar-refractivity contribution in [2.45, 2.75) is 52.0 Å². The first-order valence-corrected chi connectivity index (χ1v) is 7.53. The van der Waals surface area contributed by atoms with E-state index in [0.29, 0.717) is 25.6 Å². The molecule has 7 nitrogen and oxygen atoms in total. The van der Waals surface area contributed by atoms with Crippen LogP contribution in [0.5, 0.6) is 0 Å². The number of ether oxygens (including phenoxy) is 1. The zero-order chi connectivity index (χ0) is 15.2. The van der Waals surface area contributed by atoms with Crippen molar-refractivity contribution >= 4 is 5.91 Å². The SMILES string of the molecule is C[C@@H]1CN([C@H](C)CNC(=O)CCn2cncn2)C[C@@H](C)O1. The lowest BCUT2D eigenvalue weighted by Crippen LogP contribution is -2.52. The normalized spacial score (nSPS) is 24.7. The summed E-state index contributed by atoms with van der Waals surface area (Å²) in [6.07, 6.45) is 4.01. The van der Waals surface area contributed by atoms with Gasteiger partial charge in [-0.05, 0) is 20.8 Å². The van der Waals surface area contributed by atoms with Crippen LogP contribution in [0, 0.1) is 0 Å². The maximum absolute atomic E-state index is 11.8. The van der Waals surface area contributed by atoms with Crippen molar-refractivity contribution in [3.8, 4) is 0 Å². The van der Waals surface area contributed by atoms with Gasteiger partial charge < -0.3 is 10.1 Å². The van der Waals surface area contributed by atoms with E-state index in [1.165, 1.54) is 6.33 Å². The maximum atomic E-state index is 11.8. The molecule has 1 saturated heterocycles. The third kappa shape index (κ3) is 5.09. The van der Waals surface area contributed by atoms with Gasteiger partial charge in [0, 0.05) is 32.1 Å². The number of hydrogen-bond donors (Lipinski definition) is 1. The fourth-order valence-corrected chi connectivity index (χ4v) is 2.62. The summed E-state index contributed by atoms with van der Waals surface area (Å²) in [5.41, 5.74) is 0. The van der Waals surface area contributed by atoms with Crippen molar-refractivity contribution in [3.05, 3.63) is 12.7 Å². The van der Waals surface area contributed by atoms with Crippen LogP contribution in [0.25, 0.3) is 0 Å². The summed E-state index contributed by atoms with van der Waals surface area (Å²) >= 11 is 0. The van der Waals surface area contributed by atoms with Crippen LogP contribution < -0.4 is 5.32 Å². The first-order valence-electron chi connectivity index (χ1n) is 7.53. The summed E-state index contributed by atoms with van der Waals surface area (Å²) in [6.45, 7) is 9.38. The Morgan fingerprint density at radius 1 is 1.43 bits per heavy atom. The van der Waals surface area contributed by atoms with E-state index in [1.807, 2.05) is 0 Å². The van der Waals surface area contributed by atoms with Crippen molar-refractivity contribution in [1.82, 2.24) is 25.0 Å². The summed E-state index contributed by atoms with van der Waals surface area (Å²) in [5, 5.41) is 6.97. The number of nitrogens with one attached hydrogen (secondary N) is 1. The Kier molecular flexibility index (Phi) is 5.69. The van der Waals surface area contributed by atoms with Gasteiger partial charge in [-0.2, -0.15) is 5.10 Å². The highest BCUT2D eigenvalue weighted by atomic mass is 16.5. The minimum Gasteiger partial charge on any atom is -0.373 e. The molecule has 1 amide bonds. The molecular formula is C14H25N5O2. The monoisotopic (exact) mass is 295 g/mol. The van der Waals surface area contributed by atoms with Gasteiger partial charge >= 0.3 is 0 Å². The molecule has 1 aliphatic rings. The molecule has 1 N–H and O–H groups in total. The smallest absolute Gasteiger partial charge is 0.221 e. The molecule has 1 aromatic rings. The van der Waals surface area contributed by atoms with Crippen LogP contribution in [0.2, 0.25) is 0 Å². The molecule has 1 aromatic heterocycles. The van der Waals surface area contributed by atoms with E-state index in [4.69, 9.17) is 4.74 Å². The maximum Gasteiger partial charge on any atom is 0.221 e. The minimum atomic E-state index is 0.0479. The zero-order valence-electron chi connectivity index (χ0n) is 13.0. The van der Waals surface area contributed by atoms with Crippen LogP contribution in [0.1, 0.15) is 27.2 Å².